The molecular formula is C50H36N4OS. The number of benzene rings is 7. The summed E-state index contributed by atoms with van der Waals surface area (Å²) in [5.74, 6) is 2.48. The fourth-order valence-electron chi connectivity index (χ4n) is 8.56. The number of hydrogen-bond acceptors (Lipinski definition) is 5. The van der Waals surface area contributed by atoms with Crippen LogP contribution in [0, 0.1) is 0 Å². The second-order valence-corrected chi connectivity index (χ2v) is 15.4. The number of nitrogens with zero attached hydrogens (tertiary/aromatic N) is 4. The Balaban J connectivity index is 0.918. The third kappa shape index (κ3) is 5.52. The van der Waals surface area contributed by atoms with Crippen LogP contribution in [0.3, 0.4) is 0 Å². The molecule has 5 nitrogen and oxygen atoms in total. The van der Waals surface area contributed by atoms with E-state index in [4.69, 9.17) is 9.72 Å². The first kappa shape index (κ1) is 32.7. The number of anilines is 3. The first-order valence-corrected chi connectivity index (χ1v) is 19.9. The van der Waals surface area contributed by atoms with E-state index in [0.717, 1.165) is 48.0 Å². The summed E-state index contributed by atoms with van der Waals surface area (Å²) in [4.78, 5) is 12.2. The Bertz CT molecular complexity index is 2850. The molecule has 0 saturated carbocycles. The van der Waals surface area contributed by atoms with Crippen molar-refractivity contribution in [1.82, 2.24) is 9.55 Å². The normalized spacial score (nSPS) is 12.9. The van der Waals surface area contributed by atoms with Crippen LogP contribution >= 0.6 is 11.8 Å². The molecule has 0 bridgehead atoms. The molecule has 0 atom stereocenters. The third-order valence-electron chi connectivity index (χ3n) is 11.1. The Kier molecular flexibility index (Phi) is 7.88. The van der Waals surface area contributed by atoms with Gasteiger partial charge in [0.2, 0.25) is 0 Å². The van der Waals surface area contributed by atoms with Gasteiger partial charge in [0.25, 0.3) is 0 Å². The van der Waals surface area contributed by atoms with Crippen molar-refractivity contribution in [2.45, 2.75) is 16.2 Å². The van der Waals surface area contributed by atoms with Crippen LogP contribution in [0.2, 0.25) is 0 Å². The van der Waals surface area contributed by atoms with Crippen LogP contribution in [0.15, 0.2) is 192 Å². The van der Waals surface area contributed by atoms with E-state index in [1.54, 1.807) is 0 Å². The number of hydrogen-bond donors (Lipinski definition) is 0. The molecule has 2 aliphatic heterocycles. The zero-order valence-corrected chi connectivity index (χ0v) is 31.4. The lowest BCUT2D eigenvalue weighted by molar-refractivity contribution is 0.483. The van der Waals surface area contributed by atoms with Gasteiger partial charge in [0.1, 0.15) is 17.3 Å². The van der Waals surface area contributed by atoms with Gasteiger partial charge in [-0.15, -0.1) is 0 Å². The molecular weight excluding hydrogens is 705 g/mol. The number of fused-ring (bicyclic) bond motifs is 5. The van der Waals surface area contributed by atoms with Gasteiger partial charge >= 0.3 is 0 Å². The average Bonchev–Trinajstić information content (AvgIpc) is 3.80. The minimum Gasteiger partial charge on any atom is -0.457 e. The highest BCUT2D eigenvalue weighted by atomic mass is 32.2. The topological polar surface area (TPSA) is 33.5 Å². The Morgan fingerprint density at radius 3 is 2.04 bits per heavy atom. The fourth-order valence-corrected chi connectivity index (χ4v) is 9.67. The van der Waals surface area contributed by atoms with Crippen LogP contribution in [-0.2, 0) is 6.42 Å². The minimum atomic E-state index is 0.772. The Hall–Kier alpha value is -6.76. The number of aromatic nitrogens is 2. The summed E-state index contributed by atoms with van der Waals surface area (Å²) >= 11 is 1.84. The molecule has 2 aromatic heterocycles. The lowest BCUT2D eigenvalue weighted by Gasteiger charge is -2.29. The highest BCUT2D eigenvalue weighted by Gasteiger charge is 2.34. The van der Waals surface area contributed by atoms with E-state index < -0.39 is 0 Å². The second kappa shape index (κ2) is 13.5. The minimum absolute atomic E-state index is 0.772. The predicted molar refractivity (Wildman–Crippen MR) is 231 cm³/mol. The molecule has 9 aromatic rings. The Morgan fingerprint density at radius 2 is 1.25 bits per heavy atom. The molecule has 7 aromatic carbocycles. The van der Waals surface area contributed by atoms with Crippen LogP contribution in [0.1, 0.15) is 5.56 Å². The van der Waals surface area contributed by atoms with Crippen molar-refractivity contribution in [1.29, 1.82) is 0 Å². The first-order valence-electron chi connectivity index (χ1n) is 19.1. The van der Waals surface area contributed by atoms with Crippen LogP contribution in [0.25, 0.3) is 49.9 Å². The maximum Gasteiger partial charge on any atom is 0.137 e. The number of ether oxygens (including phenoxy) is 1. The summed E-state index contributed by atoms with van der Waals surface area (Å²) in [6.07, 6.45) is 2.75. The molecule has 0 fully saturated rings. The van der Waals surface area contributed by atoms with Gasteiger partial charge in [-0.2, -0.15) is 0 Å². The van der Waals surface area contributed by atoms with Crippen LogP contribution < -0.4 is 14.5 Å². The first-order chi connectivity index (χ1) is 27.8. The van der Waals surface area contributed by atoms with E-state index in [9.17, 15) is 0 Å². The van der Waals surface area contributed by atoms with Crippen LogP contribution in [-0.4, -0.2) is 22.8 Å². The third-order valence-corrected chi connectivity index (χ3v) is 12.2. The van der Waals surface area contributed by atoms with Gasteiger partial charge < -0.3 is 14.5 Å². The number of rotatable bonds is 8. The summed E-state index contributed by atoms with van der Waals surface area (Å²) in [6, 6.07) is 62.5. The van der Waals surface area contributed by atoms with Crippen molar-refractivity contribution in [2.24, 2.45) is 0 Å². The van der Waals surface area contributed by atoms with E-state index in [1.165, 1.54) is 65.4 Å². The van der Waals surface area contributed by atoms with E-state index in [0.29, 0.717) is 0 Å². The smallest absolute Gasteiger partial charge is 0.137 e. The largest absolute Gasteiger partial charge is 0.457 e. The summed E-state index contributed by atoms with van der Waals surface area (Å²) in [5, 5.41) is 2.36. The summed E-state index contributed by atoms with van der Waals surface area (Å²) in [5.41, 5.74) is 12.4. The molecule has 0 amide bonds. The Labute approximate surface area is 330 Å². The van der Waals surface area contributed by atoms with E-state index in [-0.39, 0.29) is 0 Å². The molecule has 0 aliphatic carbocycles. The van der Waals surface area contributed by atoms with Crippen molar-refractivity contribution in [3.63, 3.8) is 0 Å². The van der Waals surface area contributed by atoms with Crippen molar-refractivity contribution < 1.29 is 4.74 Å². The van der Waals surface area contributed by atoms with Gasteiger partial charge in [0, 0.05) is 45.4 Å². The van der Waals surface area contributed by atoms with Crippen molar-refractivity contribution >= 4 is 50.6 Å². The molecule has 0 unspecified atom stereocenters. The molecule has 0 N–H and O–H groups in total. The van der Waals surface area contributed by atoms with Gasteiger partial charge in [-0.05, 0) is 88.8 Å². The standard InChI is InChI=1S/C50H36N4OS/c1-3-13-34(14-4-1)38-18-11-19-39(35-15-5-2-6-16-35)40(38)28-30-52-33-53-46-32-37(25-27-47(46)56-48-22-12-21-44(52)50(48)53)55-36-24-26-42-41-17-7-8-20-43(41)54(45(42)31-36)49-23-9-10-29-51-49/h1-27,29,31-32H,28,30,33H2. The summed E-state index contributed by atoms with van der Waals surface area (Å²) < 4.78 is 8.92. The Morgan fingerprint density at radius 1 is 0.554 bits per heavy atom. The molecule has 56 heavy (non-hydrogen) atoms. The van der Waals surface area contributed by atoms with Gasteiger partial charge in [-0.1, -0.05) is 121 Å². The van der Waals surface area contributed by atoms with Crippen LogP contribution in [0.4, 0.5) is 17.1 Å². The van der Waals surface area contributed by atoms with E-state index in [1.807, 2.05) is 30.1 Å². The van der Waals surface area contributed by atoms with Gasteiger partial charge in [0.15, 0.2) is 0 Å². The van der Waals surface area contributed by atoms with Crippen molar-refractivity contribution in [3.8, 4) is 39.6 Å². The molecule has 0 spiro atoms. The maximum absolute atomic E-state index is 6.70. The maximum atomic E-state index is 6.70. The molecule has 4 heterocycles. The lowest BCUT2D eigenvalue weighted by atomic mass is 9.90. The number of para-hydroxylation sites is 2. The monoisotopic (exact) mass is 740 g/mol. The molecule has 11 rings (SSSR count). The highest BCUT2D eigenvalue weighted by molar-refractivity contribution is 7.99. The molecule has 6 heteroatoms. The van der Waals surface area contributed by atoms with Crippen molar-refractivity contribution in [2.75, 3.05) is 23.0 Å². The summed E-state index contributed by atoms with van der Waals surface area (Å²) in [6.45, 7) is 1.66. The molecule has 2 aliphatic rings. The molecule has 0 saturated heterocycles. The molecule has 0 radical (unpaired) electrons. The average molecular weight is 741 g/mol. The summed E-state index contributed by atoms with van der Waals surface area (Å²) in [7, 11) is 0. The lowest BCUT2D eigenvalue weighted by Crippen LogP contribution is -2.30. The van der Waals surface area contributed by atoms with Crippen molar-refractivity contribution in [3.05, 3.63) is 188 Å². The van der Waals surface area contributed by atoms with E-state index >= 15 is 0 Å². The zero-order chi connectivity index (χ0) is 37.0. The predicted octanol–water partition coefficient (Wildman–Crippen LogP) is 12.9. The van der Waals surface area contributed by atoms with Gasteiger partial charge in [-0.3, -0.25) is 4.57 Å². The quantitative estimate of drug-likeness (QED) is 0.155. The van der Waals surface area contributed by atoms with Gasteiger partial charge in [0.05, 0.1) is 34.8 Å². The number of pyridine rings is 1. The van der Waals surface area contributed by atoms with E-state index in [2.05, 4.69) is 178 Å². The SMILES string of the molecule is c1ccc(-c2cccc(-c3ccccc3)c2CCN2CN3c4cc(Oc5ccc6c7ccccc7n(-c7ccccn7)c6c5)ccc4Sc4cccc2c43)cc1. The molecule has 268 valence electrons. The highest BCUT2D eigenvalue weighted by Crippen LogP contribution is 2.55. The van der Waals surface area contributed by atoms with Gasteiger partial charge in [-0.25, -0.2) is 4.98 Å². The zero-order valence-electron chi connectivity index (χ0n) is 30.5. The fraction of sp³-hybridized carbons (Fsp3) is 0.0600. The second-order valence-electron chi connectivity index (χ2n) is 14.3. The van der Waals surface area contributed by atoms with Crippen LogP contribution in [0.5, 0.6) is 11.5 Å².